The Labute approximate surface area is 118 Å². The maximum absolute atomic E-state index is 5.74. The molecule has 0 bridgehead atoms. The van der Waals surface area contributed by atoms with Gasteiger partial charge in [0, 0.05) is 44.4 Å². The molecule has 0 spiro atoms. The molecule has 0 aliphatic carbocycles. The van der Waals surface area contributed by atoms with Gasteiger partial charge in [0.1, 0.15) is 0 Å². The van der Waals surface area contributed by atoms with Gasteiger partial charge in [-0.05, 0) is 32.9 Å². The molecule has 2 saturated heterocycles. The van der Waals surface area contributed by atoms with E-state index in [-0.39, 0.29) is 0 Å². The minimum Gasteiger partial charge on any atom is -0.380 e. The number of ether oxygens (including phenoxy) is 1. The van der Waals surface area contributed by atoms with Gasteiger partial charge in [-0.15, -0.1) is 0 Å². The molecule has 2 aliphatic rings. The Morgan fingerprint density at radius 3 is 2.79 bits per heavy atom. The van der Waals surface area contributed by atoms with Gasteiger partial charge in [-0.1, -0.05) is 13.8 Å². The third-order valence-corrected chi connectivity index (χ3v) is 4.65. The highest BCUT2D eigenvalue weighted by molar-refractivity contribution is 4.91. The van der Waals surface area contributed by atoms with Crippen LogP contribution < -0.4 is 5.32 Å². The van der Waals surface area contributed by atoms with E-state index in [1.807, 2.05) is 0 Å². The quantitative estimate of drug-likeness (QED) is 0.811. The zero-order chi connectivity index (χ0) is 13.7. The molecule has 0 aromatic heterocycles. The van der Waals surface area contributed by atoms with Gasteiger partial charge in [0.15, 0.2) is 0 Å². The summed E-state index contributed by atoms with van der Waals surface area (Å²) in [4.78, 5) is 5.23. The van der Waals surface area contributed by atoms with Crippen molar-refractivity contribution in [1.29, 1.82) is 0 Å². The minimum atomic E-state index is 0.571. The Morgan fingerprint density at radius 1 is 1.26 bits per heavy atom. The third-order valence-electron chi connectivity index (χ3n) is 4.65. The summed E-state index contributed by atoms with van der Waals surface area (Å²) in [6.07, 6.45) is 2.37. The van der Waals surface area contributed by atoms with Crippen molar-refractivity contribution in [1.82, 2.24) is 15.1 Å². The minimum absolute atomic E-state index is 0.571. The van der Waals surface area contributed by atoms with E-state index in [1.165, 1.54) is 32.6 Å². The highest BCUT2D eigenvalue weighted by atomic mass is 16.5. The highest BCUT2D eigenvalue weighted by Gasteiger charge is 2.34. The van der Waals surface area contributed by atoms with Crippen LogP contribution in [0.25, 0.3) is 0 Å². The van der Waals surface area contributed by atoms with Crippen molar-refractivity contribution in [3.63, 3.8) is 0 Å². The van der Waals surface area contributed by atoms with Crippen LogP contribution in [0.4, 0.5) is 0 Å². The maximum atomic E-state index is 5.74. The Morgan fingerprint density at radius 2 is 2.11 bits per heavy atom. The van der Waals surface area contributed by atoms with Gasteiger partial charge >= 0.3 is 0 Å². The van der Waals surface area contributed by atoms with Crippen LogP contribution in [0.5, 0.6) is 0 Å². The van der Waals surface area contributed by atoms with Gasteiger partial charge < -0.3 is 10.1 Å². The van der Waals surface area contributed by atoms with Gasteiger partial charge in [-0.3, -0.25) is 9.80 Å². The van der Waals surface area contributed by atoms with E-state index in [0.29, 0.717) is 18.1 Å². The second-order valence-corrected chi connectivity index (χ2v) is 5.96. The number of hydrogen-bond donors (Lipinski definition) is 1. The SMILES string of the molecule is CCCNC1CCOCC1N1CCN(CC)C(C)C1. The molecule has 112 valence electrons. The van der Waals surface area contributed by atoms with Crippen LogP contribution in [0.2, 0.25) is 0 Å². The predicted molar refractivity (Wildman–Crippen MR) is 79.6 cm³/mol. The third kappa shape index (κ3) is 3.91. The summed E-state index contributed by atoms with van der Waals surface area (Å²) in [5.41, 5.74) is 0. The fraction of sp³-hybridized carbons (Fsp3) is 1.00. The first-order valence-corrected chi connectivity index (χ1v) is 8.05. The van der Waals surface area contributed by atoms with Crippen molar-refractivity contribution in [2.75, 3.05) is 45.9 Å². The van der Waals surface area contributed by atoms with Crippen molar-refractivity contribution < 1.29 is 4.74 Å². The molecule has 1 N–H and O–H groups in total. The smallest absolute Gasteiger partial charge is 0.0637 e. The first-order valence-electron chi connectivity index (χ1n) is 8.05. The van der Waals surface area contributed by atoms with E-state index < -0.39 is 0 Å². The number of hydrogen-bond acceptors (Lipinski definition) is 4. The lowest BCUT2D eigenvalue weighted by atomic mass is 9.99. The van der Waals surface area contributed by atoms with E-state index in [0.717, 1.165) is 26.2 Å². The number of nitrogens with one attached hydrogen (secondary N) is 1. The molecule has 4 nitrogen and oxygen atoms in total. The van der Waals surface area contributed by atoms with E-state index in [2.05, 4.69) is 35.9 Å². The lowest BCUT2D eigenvalue weighted by Gasteiger charge is -2.46. The second-order valence-electron chi connectivity index (χ2n) is 5.96. The molecule has 3 unspecified atom stereocenters. The number of rotatable bonds is 5. The van der Waals surface area contributed by atoms with Crippen LogP contribution in [0, 0.1) is 0 Å². The van der Waals surface area contributed by atoms with Crippen LogP contribution in [-0.2, 0) is 4.74 Å². The lowest BCUT2D eigenvalue weighted by Crippen LogP contribution is -2.62. The topological polar surface area (TPSA) is 27.7 Å². The van der Waals surface area contributed by atoms with Crippen molar-refractivity contribution in [3.8, 4) is 0 Å². The van der Waals surface area contributed by atoms with Gasteiger partial charge in [0.05, 0.1) is 6.61 Å². The highest BCUT2D eigenvalue weighted by Crippen LogP contribution is 2.19. The molecular weight excluding hydrogens is 238 g/mol. The predicted octanol–water partition coefficient (Wildman–Crippen LogP) is 1.17. The second kappa shape index (κ2) is 7.58. The van der Waals surface area contributed by atoms with Gasteiger partial charge in [-0.25, -0.2) is 0 Å². The Kier molecular flexibility index (Phi) is 6.07. The molecule has 2 fully saturated rings. The largest absolute Gasteiger partial charge is 0.380 e. The van der Waals surface area contributed by atoms with Crippen LogP contribution in [0.3, 0.4) is 0 Å². The van der Waals surface area contributed by atoms with E-state index in [9.17, 15) is 0 Å². The molecule has 2 rings (SSSR count). The summed E-state index contributed by atoms with van der Waals surface area (Å²) < 4.78 is 5.74. The molecule has 0 saturated carbocycles. The van der Waals surface area contributed by atoms with Gasteiger partial charge in [-0.2, -0.15) is 0 Å². The van der Waals surface area contributed by atoms with E-state index in [4.69, 9.17) is 4.74 Å². The van der Waals surface area contributed by atoms with Crippen molar-refractivity contribution in [2.45, 2.75) is 51.7 Å². The van der Waals surface area contributed by atoms with Gasteiger partial charge in [0.2, 0.25) is 0 Å². The standard InChI is InChI=1S/C15H31N3O/c1-4-7-16-14-6-10-19-12-15(14)18-9-8-17(5-2)13(3)11-18/h13-16H,4-12H2,1-3H3. The van der Waals surface area contributed by atoms with Crippen LogP contribution >= 0.6 is 0 Å². The summed E-state index contributed by atoms with van der Waals surface area (Å²) in [5, 5.41) is 3.72. The Bertz CT molecular complexity index is 262. The Hall–Kier alpha value is -0.160. The molecular formula is C15H31N3O. The summed E-state index contributed by atoms with van der Waals surface area (Å²) in [6.45, 7) is 14.6. The molecule has 2 heterocycles. The number of likely N-dealkylation sites (N-methyl/N-ethyl adjacent to an activating group) is 1. The first kappa shape index (κ1) is 15.2. The molecule has 0 aromatic rings. The molecule has 0 amide bonds. The zero-order valence-corrected chi connectivity index (χ0v) is 12.9. The summed E-state index contributed by atoms with van der Waals surface area (Å²) in [5.74, 6) is 0. The van der Waals surface area contributed by atoms with Crippen LogP contribution in [-0.4, -0.2) is 73.9 Å². The van der Waals surface area contributed by atoms with Crippen molar-refractivity contribution in [3.05, 3.63) is 0 Å². The molecule has 19 heavy (non-hydrogen) atoms. The van der Waals surface area contributed by atoms with Crippen molar-refractivity contribution >= 4 is 0 Å². The number of piperazine rings is 1. The van der Waals surface area contributed by atoms with Gasteiger partial charge in [0.25, 0.3) is 0 Å². The fourth-order valence-electron chi connectivity index (χ4n) is 3.45. The number of nitrogens with zero attached hydrogens (tertiary/aromatic N) is 2. The Balaban J connectivity index is 1.90. The normalized spacial score (nSPS) is 34.6. The molecule has 4 heteroatoms. The lowest BCUT2D eigenvalue weighted by molar-refractivity contribution is -0.0306. The fourth-order valence-corrected chi connectivity index (χ4v) is 3.45. The zero-order valence-electron chi connectivity index (χ0n) is 12.9. The monoisotopic (exact) mass is 269 g/mol. The molecule has 0 radical (unpaired) electrons. The van der Waals surface area contributed by atoms with Crippen LogP contribution in [0.15, 0.2) is 0 Å². The van der Waals surface area contributed by atoms with Crippen LogP contribution in [0.1, 0.15) is 33.6 Å². The summed E-state index contributed by atoms with van der Waals surface area (Å²) in [6, 6.07) is 1.86. The maximum Gasteiger partial charge on any atom is 0.0637 e. The van der Waals surface area contributed by atoms with E-state index >= 15 is 0 Å². The van der Waals surface area contributed by atoms with E-state index in [1.54, 1.807) is 0 Å². The average Bonchev–Trinajstić information content (AvgIpc) is 2.45. The first-order chi connectivity index (χ1) is 9.26. The summed E-state index contributed by atoms with van der Waals surface area (Å²) >= 11 is 0. The summed E-state index contributed by atoms with van der Waals surface area (Å²) in [7, 11) is 0. The molecule has 2 aliphatic heterocycles. The molecule has 3 atom stereocenters. The molecule has 0 aromatic carbocycles. The van der Waals surface area contributed by atoms with Crippen molar-refractivity contribution in [2.24, 2.45) is 0 Å². The average molecular weight is 269 g/mol.